The first-order valence-corrected chi connectivity index (χ1v) is 8.03. The highest BCUT2D eigenvalue weighted by Crippen LogP contribution is 2.19. The van der Waals surface area contributed by atoms with Crippen molar-refractivity contribution in [2.75, 3.05) is 33.5 Å². The Morgan fingerprint density at radius 2 is 1.80 bits per heavy atom. The molecule has 0 aliphatic heterocycles. The fraction of sp³-hybridized carbons (Fsp3) is 0.500. The lowest BCUT2D eigenvalue weighted by atomic mass is 10.2. The number of methoxy groups -OCH3 is 1. The first-order chi connectivity index (χ1) is 9.63. The van der Waals surface area contributed by atoms with Gasteiger partial charge in [-0.15, -0.1) is 0 Å². The molecular formula is C14H19Br2NO3. The fourth-order valence-corrected chi connectivity index (χ4v) is 2.86. The molecule has 0 spiro atoms. The molecule has 6 heteroatoms. The number of benzene rings is 1. The van der Waals surface area contributed by atoms with E-state index >= 15 is 0 Å². The van der Waals surface area contributed by atoms with E-state index in [1.807, 2.05) is 6.07 Å². The number of amides is 1. The Morgan fingerprint density at radius 3 is 2.45 bits per heavy atom. The third-order valence-corrected chi connectivity index (χ3v) is 3.47. The summed E-state index contributed by atoms with van der Waals surface area (Å²) in [4.78, 5) is 11.9. The van der Waals surface area contributed by atoms with Crippen LogP contribution in [0.25, 0.3) is 0 Å². The first-order valence-electron chi connectivity index (χ1n) is 6.44. The number of carbonyl (C=O) groups is 1. The van der Waals surface area contributed by atoms with Crippen LogP contribution in [-0.2, 0) is 9.47 Å². The molecule has 1 amide bonds. The quantitative estimate of drug-likeness (QED) is 0.637. The van der Waals surface area contributed by atoms with E-state index in [1.54, 1.807) is 19.2 Å². The van der Waals surface area contributed by atoms with E-state index in [0.29, 0.717) is 31.9 Å². The Balaban J connectivity index is 2.17. The van der Waals surface area contributed by atoms with E-state index in [4.69, 9.17) is 9.47 Å². The van der Waals surface area contributed by atoms with Gasteiger partial charge >= 0.3 is 0 Å². The molecule has 112 valence electrons. The molecule has 0 aliphatic carbocycles. The lowest BCUT2D eigenvalue weighted by Gasteiger charge is -2.07. The van der Waals surface area contributed by atoms with Gasteiger partial charge in [0.25, 0.3) is 5.91 Å². The smallest absolute Gasteiger partial charge is 0.251 e. The van der Waals surface area contributed by atoms with Crippen molar-refractivity contribution < 1.29 is 14.3 Å². The summed E-state index contributed by atoms with van der Waals surface area (Å²) in [5.74, 6) is -0.0627. The lowest BCUT2D eigenvalue weighted by Crippen LogP contribution is -2.24. The van der Waals surface area contributed by atoms with Crippen LogP contribution in [0.2, 0.25) is 0 Å². The number of nitrogens with one attached hydrogen (secondary N) is 1. The molecule has 1 aromatic rings. The van der Waals surface area contributed by atoms with E-state index in [-0.39, 0.29) is 5.91 Å². The molecule has 0 fully saturated rings. The highest BCUT2D eigenvalue weighted by Gasteiger charge is 2.06. The molecular weight excluding hydrogens is 390 g/mol. The van der Waals surface area contributed by atoms with E-state index in [2.05, 4.69) is 37.2 Å². The van der Waals surface area contributed by atoms with Gasteiger partial charge in [0.15, 0.2) is 0 Å². The third-order valence-electron chi connectivity index (χ3n) is 2.56. The molecule has 0 radical (unpaired) electrons. The molecule has 20 heavy (non-hydrogen) atoms. The molecule has 1 N–H and O–H groups in total. The SMILES string of the molecule is COCCOCCCCNC(=O)c1cc(Br)cc(Br)c1. The van der Waals surface area contributed by atoms with Gasteiger partial charge in [-0.25, -0.2) is 0 Å². The summed E-state index contributed by atoms with van der Waals surface area (Å²) < 4.78 is 12.0. The van der Waals surface area contributed by atoms with Crippen LogP contribution in [0.5, 0.6) is 0 Å². The van der Waals surface area contributed by atoms with Crippen LogP contribution in [-0.4, -0.2) is 39.4 Å². The van der Waals surface area contributed by atoms with E-state index in [9.17, 15) is 4.79 Å². The Labute approximate surface area is 136 Å². The van der Waals surface area contributed by atoms with Crippen molar-refractivity contribution >= 4 is 37.8 Å². The zero-order valence-corrected chi connectivity index (χ0v) is 14.6. The van der Waals surface area contributed by atoms with Crippen molar-refractivity contribution in [2.24, 2.45) is 0 Å². The zero-order valence-electron chi connectivity index (χ0n) is 11.5. The molecule has 1 rings (SSSR count). The Morgan fingerprint density at radius 1 is 1.10 bits per heavy atom. The maximum Gasteiger partial charge on any atom is 0.251 e. The predicted molar refractivity (Wildman–Crippen MR) is 86.1 cm³/mol. The normalized spacial score (nSPS) is 10.6. The van der Waals surface area contributed by atoms with Crippen molar-refractivity contribution in [3.8, 4) is 0 Å². The van der Waals surface area contributed by atoms with E-state index < -0.39 is 0 Å². The van der Waals surface area contributed by atoms with Crippen LogP contribution in [0.15, 0.2) is 27.1 Å². The van der Waals surface area contributed by atoms with Gasteiger partial charge in [0.05, 0.1) is 13.2 Å². The van der Waals surface area contributed by atoms with Gasteiger partial charge in [0.1, 0.15) is 0 Å². The van der Waals surface area contributed by atoms with Crippen LogP contribution >= 0.6 is 31.9 Å². The van der Waals surface area contributed by atoms with Crippen LogP contribution in [0.4, 0.5) is 0 Å². The van der Waals surface area contributed by atoms with Gasteiger partial charge in [-0.05, 0) is 31.0 Å². The molecule has 0 saturated heterocycles. The lowest BCUT2D eigenvalue weighted by molar-refractivity contribution is 0.0686. The molecule has 1 aromatic carbocycles. The summed E-state index contributed by atoms with van der Waals surface area (Å²) in [6, 6.07) is 5.50. The second kappa shape index (κ2) is 10.3. The van der Waals surface area contributed by atoms with Gasteiger partial charge in [-0.1, -0.05) is 31.9 Å². The van der Waals surface area contributed by atoms with Crippen LogP contribution < -0.4 is 5.32 Å². The van der Waals surface area contributed by atoms with Crippen LogP contribution in [0.1, 0.15) is 23.2 Å². The molecule has 4 nitrogen and oxygen atoms in total. The summed E-state index contributed by atoms with van der Waals surface area (Å²) in [6.07, 6.45) is 1.82. The van der Waals surface area contributed by atoms with Gasteiger partial charge in [-0.2, -0.15) is 0 Å². The molecule has 0 aliphatic rings. The largest absolute Gasteiger partial charge is 0.382 e. The number of unbranched alkanes of at least 4 members (excludes halogenated alkanes) is 1. The molecule has 0 aromatic heterocycles. The Kier molecular flexibility index (Phi) is 9.09. The second-order valence-corrected chi connectivity index (χ2v) is 6.06. The maximum atomic E-state index is 11.9. The first kappa shape index (κ1) is 17.6. The summed E-state index contributed by atoms with van der Waals surface area (Å²) in [5, 5.41) is 2.89. The number of halogens is 2. The number of hydrogen-bond acceptors (Lipinski definition) is 3. The highest BCUT2D eigenvalue weighted by atomic mass is 79.9. The fourth-order valence-electron chi connectivity index (χ4n) is 1.56. The van der Waals surface area contributed by atoms with E-state index in [1.165, 1.54) is 0 Å². The number of hydrogen-bond donors (Lipinski definition) is 1. The third kappa shape index (κ3) is 7.38. The van der Waals surface area contributed by atoms with E-state index in [0.717, 1.165) is 21.8 Å². The minimum atomic E-state index is -0.0627. The predicted octanol–water partition coefficient (Wildman–Crippen LogP) is 3.38. The molecule has 0 unspecified atom stereocenters. The van der Waals surface area contributed by atoms with Crippen molar-refractivity contribution in [1.82, 2.24) is 5.32 Å². The number of rotatable bonds is 9. The number of ether oxygens (including phenoxy) is 2. The standard InChI is InChI=1S/C14H19Br2NO3/c1-19-6-7-20-5-3-2-4-17-14(18)11-8-12(15)10-13(16)9-11/h8-10H,2-7H2,1H3,(H,17,18). The zero-order chi connectivity index (χ0) is 14.8. The second-order valence-electron chi connectivity index (χ2n) is 4.23. The minimum absolute atomic E-state index is 0.0627. The van der Waals surface area contributed by atoms with Crippen LogP contribution in [0, 0.1) is 0 Å². The minimum Gasteiger partial charge on any atom is -0.382 e. The molecule has 0 bridgehead atoms. The van der Waals surface area contributed by atoms with Gasteiger partial charge < -0.3 is 14.8 Å². The highest BCUT2D eigenvalue weighted by molar-refractivity contribution is 9.11. The Hall–Kier alpha value is -0.430. The molecule has 0 saturated carbocycles. The van der Waals surface area contributed by atoms with Gasteiger partial charge in [-0.3, -0.25) is 4.79 Å². The van der Waals surface area contributed by atoms with Crippen molar-refractivity contribution in [1.29, 1.82) is 0 Å². The maximum absolute atomic E-state index is 11.9. The molecule has 0 atom stereocenters. The average molecular weight is 409 g/mol. The number of carbonyl (C=O) groups excluding carboxylic acids is 1. The molecule has 0 heterocycles. The van der Waals surface area contributed by atoms with Crippen molar-refractivity contribution in [3.05, 3.63) is 32.7 Å². The van der Waals surface area contributed by atoms with Crippen LogP contribution in [0.3, 0.4) is 0 Å². The summed E-state index contributed by atoms with van der Waals surface area (Å²) in [7, 11) is 1.65. The topological polar surface area (TPSA) is 47.6 Å². The van der Waals surface area contributed by atoms with Crippen molar-refractivity contribution in [2.45, 2.75) is 12.8 Å². The summed E-state index contributed by atoms with van der Waals surface area (Å²) in [5.41, 5.74) is 0.641. The summed E-state index contributed by atoms with van der Waals surface area (Å²) in [6.45, 7) is 2.59. The van der Waals surface area contributed by atoms with Crippen molar-refractivity contribution in [3.63, 3.8) is 0 Å². The Bertz CT molecular complexity index is 407. The van der Waals surface area contributed by atoms with Gasteiger partial charge in [0.2, 0.25) is 0 Å². The monoisotopic (exact) mass is 407 g/mol. The van der Waals surface area contributed by atoms with Gasteiger partial charge in [0, 0.05) is 34.8 Å². The average Bonchev–Trinajstić information content (AvgIpc) is 2.40. The summed E-state index contributed by atoms with van der Waals surface area (Å²) >= 11 is 6.73.